The molecule has 40 heavy (non-hydrogen) atoms. The molecule has 1 aliphatic heterocycles. The maximum Gasteiger partial charge on any atom is 0.305 e. The summed E-state index contributed by atoms with van der Waals surface area (Å²) in [6.45, 7) is -0.120. The van der Waals surface area contributed by atoms with Crippen LogP contribution in [0.1, 0.15) is 39.9 Å². The summed E-state index contributed by atoms with van der Waals surface area (Å²) in [5.41, 5.74) is 1.23. The van der Waals surface area contributed by atoms with Crippen molar-refractivity contribution in [2.75, 3.05) is 13.7 Å². The number of methoxy groups -OCH3 is 1. The van der Waals surface area contributed by atoms with E-state index in [9.17, 15) is 36.7 Å². The van der Waals surface area contributed by atoms with Crippen molar-refractivity contribution in [3.8, 4) is 0 Å². The highest BCUT2D eigenvalue weighted by Gasteiger charge is 2.25. The molecule has 3 aromatic rings. The molecule has 1 aromatic heterocycles. The zero-order chi connectivity index (χ0) is 29.0. The zero-order valence-electron chi connectivity index (χ0n) is 21.2. The first kappa shape index (κ1) is 28.3. The summed E-state index contributed by atoms with van der Waals surface area (Å²) in [4.78, 5) is 50.9. The second-order valence-corrected chi connectivity index (χ2v) is 9.01. The number of hydrogen-bond acceptors (Lipinski definition) is 5. The van der Waals surface area contributed by atoms with Gasteiger partial charge in [0.2, 0.25) is 5.91 Å². The highest BCUT2D eigenvalue weighted by atomic mass is 19.1. The van der Waals surface area contributed by atoms with Gasteiger partial charge in [0.15, 0.2) is 11.5 Å². The first-order chi connectivity index (χ1) is 19.0. The molecule has 0 spiro atoms. The molecule has 0 atom stereocenters. The number of rotatable bonds is 9. The van der Waals surface area contributed by atoms with Gasteiger partial charge in [-0.25, -0.2) is 17.6 Å². The molecule has 0 saturated carbocycles. The smallest absolute Gasteiger partial charge is 0.305 e. The van der Waals surface area contributed by atoms with Gasteiger partial charge in [-0.3, -0.25) is 29.6 Å². The molecule has 2 heterocycles. The average molecular weight is 558 g/mol. The molecule has 12 heteroatoms. The van der Waals surface area contributed by atoms with Gasteiger partial charge in [-0.15, -0.1) is 0 Å². The monoisotopic (exact) mass is 557 g/mol. The number of pyridine rings is 1. The third-order valence-corrected chi connectivity index (χ3v) is 6.19. The molecule has 2 amide bonds. The van der Waals surface area contributed by atoms with Crippen LogP contribution in [-0.2, 0) is 27.3 Å². The van der Waals surface area contributed by atoms with E-state index in [1.165, 1.54) is 18.3 Å². The zero-order valence-corrected chi connectivity index (χ0v) is 21.2. The van der Waals surface area contributed by atoms with Crippen LogP contribution in [0.5, 0.6) is 0 Å². The first-order valence-corrected chi connectivity index (χ1v) is 12.1. The molecule has 8 nitrogen and oxygen atoms in total. The lowest BCUT2D eigenvalue weighted by Crippen LogP contribution is -2.43. The van der Waals surface area contributed by atoms with Gasteiger partial charge in [0.05, 0.1) is 19.2 Å². The first-order valence-electron chi connectivity index (χ1n) is 12.1. The Hall–Kier alpha value is -4.74. The molecule has 0 bridgehead atoms. The van der Waals surface area contributed by atoms with Crippen LogP contribution < -0.4 is 11.0 Å². The number of hydrazine groups is 1. The van der Waals surface area contributed by atoms with Gasteiger partial charge in [-0.2, -0.15) is 0 Å². The minimum absolute atomic E-state index is 0.0562. The Morgan fingerprint density at radius 2 is 1.62 bits per heavy atom. The van der Waals surface area contributed by atoms with Crippen LogP contribution in [-0.4, -0.2) is 40.8 Å². The Labute approximate surface area is 225 Å². The van der Waals surface area contributed by atoms with Gasteiger partial charge in [0, 0.05) is 49.4 Å². The lowest BCUT2D eigenvalue weighted by molar-refractivity contribution is -0.137. The van der Waals surface area contributed by atoms with Gasteiger partial charge in [0.1, 0.15) is 23.3 Å². The summed E-state index contributed by atoms with van der Waals surface area (Å²) in [5.74, 6) is -6.06. The standard InChI is InChI=1S/C28H23F4N3O5/c1-40-25(27(38)33-35-8-2-3-26(35)37)13-24(36)21-10-16(9-17-4-6-19(29)11-22(17)31)14-34(28(21)39)15-18-5-7-20(30)12-23(18)32/h4-7,10-14H,2-3,8-9,15H2,1H3,(H,33,38). The number of amides is 2. The van der Waals surface area contributed by atoms with Crippen LogP contribution >= 0.6 is 0 Å². The number of ether oxygens (including phenoxy) is 1. The molecular formula is C28H23F4N3O5. The highest BCUT2D eigenvalue weighted by Crippen LogP contribution is 2.17. The summed E-state index contributed by atoms with van der Waals surface area (Å²) >= 11 is 0. The van der Waals surface area contributed by atoms with E-state index >= 15 is 0 Å². The molecular weight excluding hydrogens is 534 g/mol. The summed E-state index contributed by atoms with van der Waals surface area (Å²) in [6.07, 6.45) is 2.66. The largest absolute Gasteiger partial charge is 0.491 e. The van der Waals surface area contributed by atoms with E-state index in [0.29, 0.717) is 18.6 Å². The number of benzene rings is 2. The highest BCUT2D eigenvalue weighted by molar-refractivity contribution is 6.08. The van der Waals surface area contributed by atoms with Gasteiger partial charge < -0.3 is 9.30 Å². The van der Waals surface area contributed by atoms with E-state index in [2.05, 4.69) is 5.43 Å². The summed E-state index contributed by atoms with van der Waals surface area (Å²) in [7, 11) is 1.12. The predicted molar refractivity (Wildman–Crippen MR) is 134 cm³/mol. The van der Waals surface area contributed by atoms with Crippen LogP contribution in [0.2, 0.25) is 0 Å². The molecule has 1 aliphatic rings. The predicted octanol–water partition coefficient (Wildman–Crippen LogP) is 3.41. The Bertz CT molecular complexity index is 1580. The number of allylic oxidation sites excluding steroid dienone is 1. The quantitative estimate of drug-likeness (QED) is 0.188. The van der Waals surface area contributed by atoms with Crippen molar-refractivity contribution in [1.29, 1.82) is 0 Å². The van der Waals surface area contributed by atoms with E-state index in [1.807, 2.05) is 0 Å². The summed E-state index contributed by atoms with van der Waals surface area (Å²) < 4.78 is 61.5. The Morgan fingerprint density at radius 1 is 0.975 bits per heavy atom. The number of nitrogens with one attached hydrogen (secondary N) is 1. The second kappa shape index (κ2) is 12.0. The third kappa shape index (κ3) is 6.45. The van der Waals surface area contributed by atoms with E-state index in [-0.39, 0.29) is 42.0 Å². The number of carbonyl (C=O) groups is 3. The molecule has 1 fully saturated rings. The molecule has 4 rings (SSSR count). The van der Waals surface area contributed by atoms with Crippen LogP contribution in [0.25, 0.3) is 0 Å². The molecule has 0 unspecified atom stereocenters. The number of carbonyl (C=O) groups excluding carboxylic acids is 3. The number of hydrogen-bond donors (Lipinski definition) is 1. The van der Waals surface area contributed by atoms with Crippen LogP contribution in [0.15, 0.2) is 65.3 Å². The number of halogens is 4. The molecule has 0 aliphatic carbocycles. The molecule has 208 valence electrons. The lowest BCUT2D eigenvalue weighted by atomic mass is 10.0. The van der Waals surface area contributed by atoms with Crippen molar-refractivity contribution in [3.05, 3.63) is 116 Å². The van der Waals surface area contributed by atoms with Crippen LogP contribution in [0, 0.1) is 23.3 Å². The second-order valence-electron chi connectivity index (χ2n) is 9.01. The van der Waals surface area contributed by atoms with Gasteiger partial charge in [-0.05, 0) is 35.7 Å². The fourth-order valence-electron chi connectivity index (χ4n) is 4.16. The Balaban J connectivity index is 1.72. The fraction of sp³-hybridized carbons (Fsp3) is 0.214. The van der Waals surface area contributed by atoms with Crippen molar-refractivity contribution in [1.82, 2.24) is 15.0 Å². The fourth-order valence-corrected chi connectivity index (χ4v) is 4.16. The molecule has 1 saturated heterocycles. The SMILES string of the molecule is COC(=CC(=O)c1cc(Cc2ccc(F)cc2F)cn(Cc2ccc(F)cc2F)c1=O)C(=O)NN1CCCC1=O. The minimum atomic E-state index is -0.959. The van der Waals surface area contributed by atoms with Crippen molar-refractivity contribution < 1.29 is 36.7 Å². The van der Waals surface area contributed by atoms with E-state index in [1.54, 1.807) is 0 Å². The van der Waals surface area contributed by atoms with E-state index < -0.39 is 58.4 Å². The lowest BCUT2D eigenvalue weighted by Gasteiger charge is -2.17. The Kier molecular flexibility index (Phi) is 8.46. The van der Waals surface area contributed by atoms with Gasteiger partial charge >= 0.3 is 5.91 Å². The molecule has 1 N–H and O–H groups in total. The van der Waals surface area contributed by atoms with Gasteiger partial charge in [-0.1, -0.05) is 12.1 Å². The number of aromatic nitrogens is 1. The van der Waals surface area contributed by atoms with Gasteiger partial charge in [0.25, 0.3) is 5.56 Å². The molecule has 2 aromatic carbocycles. The normalized spacial score (nSPS) is 13.5. The van der Waals surface area contributed by atoms with Crippen molar-refractivity contribution >= 4 is 17.6 Å². The van der Waals surface area contributed by atoms with E-state index in [0.717, 1.165) is 41.0 Å². The van der Waals surface area contributed by atoms with Crippen molar-refractivity contribution in [3.63, 3.8) is 0 Å². The third-order valence-electron chi connectivity index (χ3n) is 6.19. The minimum Gasteiger partial charge on any atom is -0.491 e. The Morgan fingerprint density at radius 3 is 2.20 bits per heavy atom. The average Bonchev–Trinajstić information content (AvgIpc) is 3.31. The van der Waals surface area contributed by atoms with Crippen molar-refractivity contribution in [2.24, 2.45) is 0 Å². The summed E-state index contributed by atoms with van der Waals surface area (Å²) in [6, 6.07) is 6.89. The van der Waals surface area contributed by atoms with Crippen molar-refractivity contribution in [2.45, 2.75) is 25.8 Å². The summed E-state index contributed by atoms with van der Waals surface area (Å²) in [5, 5.41) is 1.09. The molecule has 0 radical (unpaired) electrons. The van der Waals surface area contributed by atoms with Crippen LogP contribution in [0.4, 0.5) is 17.6 Å². The maximum absolute atomic E-state index is 14.4. The topological polar surface area (TPSA) is 97.7 Å². The number of nitrogens with zero attached hydrogens (tertiary/aromatic N) is 2. The number of ketones is 1. The van der Waals surface area contributed by atoms with E-state index in [4.69, 9.17) is 4.74 Å². The maximum atomic E-state index is 14.4. The van der Waals surface area contributed by atoms with Crippen LogP contribution in [0.3, 0.4) is 0 Å².